The van der Waals surface area contributed by atoms with Gasteiger partial charge >= 0.3 is 0 Å². The fourth-order valence-corrected chi connectivity index (χ4v) is 3.40. The van der Waals surface area contributed by atoms with Crippen molar-refractivity contribution in [2.45, 2.75) is 70.4 Å². The van der Waals surface area contributed by atoms with Crippen LogP contribution in [0.4, 0.5) is 0 Å². The summed E-state index contributed by atoms with van der Waals surface area (Å²) in [7, 11) is 0. The van der Waals surface area contributed by atoms with Crippen LogP contribution in [0.3, 0.4) is 0 Å². The minimum atomic E-state index is 0.113. The first-order valence-electron chi connectivity index (χ1n) is 7.30. The summed E-state index contributed by atoms with van der Waals surface area (Å²) in [5.74, 6) is 0.464. The van der Waals surface area contributed by atoms with E-state index in [0.29, 0.717) is 11.9 Å². The fourth-order valence-electron chi connectivity index (χ4n) is 3.40. The maximum Gasteiger partial charge on any atom is 0.227 e. The molecule has 1 amide bonds. The topological polar surface area (TPSA) is 46.3 Å². The first-order valence-corrected chi connectivity index (χ1v) is 7.30. The lowest BCUT2D eigenvalue weighted by Gasteiger charge is -2.32. The molecule has 3 unspecified atom stereocenters. The van der Waals surface area contributed by atoms with Crippen LogP contribution in [0.5, 0.6) is 0 Å². The molecule has 3 nitrogen and oxygen atoms in total. The average molecular weight is 238 g/mol. The summed E-state index contributed by atoms with van der Waals surface area (Å²) in [5.41, 5.74) is 6.07. The Bertz CT molecular complexity index is 267. The van der Waals surface area contributed by atoms with Gasteiger partial charge in [0.15, 0.2) is 0 Å². The number of amides is 1. The second-order valence-corrected chi connectivity index (χ2v) is 5.64. The molecular formula is C14H26N2O. The van der Waals surface area contributed by atoms with E-state index in [2.05, 4.69) is 11.8 Å². The summed E-state index contributed by atoms with van der Waals surface area (Å²) in [6.07, 6.45) is 9.16. The third-order valence-electron chi connectivity index (χ3n) is 4.52. The average Bonchev–Trinajstić information content (AvgIpc) is 2.64. The van der Waals surface area contributed by atoms with Crippen LogP contribution in [0.25, 0.3) is 0 Å². The lowest BCUT2D eigenvalue weighted by atomic mass is 10.00. The molecule has 0 aromatic heterocycles. The summed E-state index contributed by atoms with van der Waals surface area (Å²) >= 11 is 0. The van der Waals surface area contributed by atoms with Gasteiger partial charge in [0.25, 0.3) is 0 Å². The molecule has 1 saturated carbocycles. The Morgan fingerprint density at radius 3 is 2.65 bits per heavy atom. The smallest absolute Gasteiger partial charge is 0.227 e. The molecule has 2 rings (SSSR count). The molecule has 3 atom stereocenters. The summed E-state index contributed by atoms with van der Waals surface area (Å²) < 4.78 is 0. The van der Waals surface area contributed by atoms with E-state index >= 15 is 0 Å². The van der Waals surface area contributed by atoms with Crippen molar-refractivity contribution >= 4 is 5.91 Å². The zero-order valence-electron chi connectivity index (χ0n) is 11.0. The van der Waals surface area contributed by atoms with Gasteiger partial charge in [0.1, 0.15) is 0 Å². The lowest BCUT2D eigenvalue weighted by molar-refractivity contribution is -0.138. The van der Waals surface area contributed by atoms with Gasteiger partial charge in [-0.2, -0.15) is 0 Å². The van der Waals surface area contributed by atoms with E-state index in [1.807, 2.05) is 0 Å². The van der Waals surface area contributed by atoms with Crippen molar-refractivity contribution in [1.82, 2.24) is 4.90 Å². The molecule has 0 aromatic carbocycles. The number of hydrogen-bond donors (Lipinski definition) is 1. The van der Waals surface area contributed by atoms with Gasteiger partial charge in [-0.1, -0.05) is 26.2 Å². The van der Waals surface area contributed by atoms with Crippen LogP contribution in [0.1, 0.15) is 58.3 Å². The van der Waals surface area contributed by atoms with E-state index in [4.69, 9.17) is 5.73 Å². The molecule has 17 heavy (non-hydrogen) atoms. The van der Waals surface area contributed by atoms with Crippen molar-refractivity contribution in [2.75, 3.05) is 6.54 Å². The zero-order valence-corrected chi connectivity index (χ0v) is 11.0. The first kappa shape index (κ1) is 12.9. The molecule has 1 saturated heterocycles. The van der Waals surface area contributed by atoms with Crippen LogP contribution < -0.4 is 5.73 Å². The Balaban J connectivity index is 2.04. The van der Waals surface area contributed by atoms with E-state index in [1.165, 1.54) is 25.7 Å². The van der Waals surface area contributed by atoms with Crippen molar-refractivity contribution < 1.29 is 4.79 Å². The highest BCUT2D eigenvalue weighted by molar-refractivity contribution is 5.80. The molecule has 0 radical (unpaired) electrons. The lowest BCUT2D eigenvalue weighted by Crippen LogP contribution is -2.46. The number of rotatable bonds is 2. The number of carbonyl (C=O) groups is 1. The molecule has 1 aliphatic carbocycles. The fraction of sp³-hybridized carbons (Fsp3) is 0.929. The van der Waals surface area contributed by atoms with E-state index in [9.17, 15) is 4.79 Å². The van der Waals surface area contributed by atoms with Gasteiger partial charge in [-0.3, -0.25) is 4.79 Å². The second-order valence-electron chi connectivity index (χ2n) is 5.64. The first-order chi connectivity index (χ1) is 8.24. The normalized spacial score (nSPS) is 34.7. The Hall–Kier alpha value is -0.570. The summed E-state index contributed by atoms with van der Waals surface area (Å²) in [5, 5.41) is 0. The molecule has 2 fully saturated rings. The minimum absolute atomic E-state index is 0.113. The Morgan fingerprint density at radius 2 is 2.00 bits per heavy atom. The van der Waals surface area contributed by atoms with Gasteiger partial charge in [-0.05, 0) is 32.1 Å². The largest absolute Gasteiger partial charge is 0.339 e. The third kappa shape index (κ3) is 2.82. The highest BCUT2D eigenvalue weighted by atomic mass is 16.2. The summed E-state index contributed by atoms with van der Waals surface area (Å²) in [6, 6.07) is 0.584. The molecule has 98 valence electrons. The van der Waals surface area contributed by atoms with E-state index in [1.54, 1.807) is 0 Å². The van der Waals surface area contributed by atoms with E-state index < -0.39 is 0 Å². The maximum absolute atomic E-state index is 12.6. The SMILES string of the molecule is CCC1CCCCCN1C(=O)C1CCCC1N. The van der Waals surface area contributed by atoms with Gasteiger partial charge in [-0.25, -0.2) is 0 Å². The zero-order chi connectivity index (χ0) is 12.3. The molecule has 0 bridgehead atoms. The third-order valence-corrected chi connectivity index (χ3v) is 4.52. The molecule has 2 aliphatic rings. The van der Waals surface area contributed by atoms with E-state index in [-0.39, 0.29) is 12.0 Å². The van der Waals surface area contributed by atoms with Crippen molar-refractivity contribution in [2.24, 2.45) is 11.7 Å². The molecular weight excluding hydrogens is 212 g/mol. The van der Waals surface area contributed by atoms with Crippen LogP contribution in [-0.2, 0) is 4.79 Å². The van der Waals surface area contributed by atoms with Crippen molar-refractivity contribution in [3.05, 3.63) is 0 Å². The van der Waals surface area contributed by atoms with Gasteiger partial charge < -0.3 is 10.6 Å². The van der Waals surface area contributed by atoms with Crippen LogP contribution in [0, 0.1) is 5.92 Å². The molecule has 3 heteroatoms. The molecule has 0 spiro atoms. The Morgan fingerprint density at radius 1 is 1.18 bits per heavy atom. The van der Waals surface area contributed by atoms with Gasteiger partial charge in [0, 0.05) is 18.6 Å². The number of hydrogen-bond acceptors (Lipinski definition) is 2. The molecule has 2 N–H and O–H groups in total. The highest BCUT2D eigenvalue weighted by Gasteiger charge is 2.35. The predicted octanol–water partition coefficient (Wildman–Crippen LogP) is 2.29. The van der Waals surface area contributed by atoms with Crippen LogP contribution in [0.15, 0.2) is 0 Å². The van der Waals surface area contributed by atoms with Crippen LogP contribution in [0.2, 0.25) is 0 Å². The second kappa shape index (κ2) is 5.85. The maximum atomic E-state index is 12.6. The van der Waals surface area contributed by atoms with Gasteiger partial charge in [-0.15, -0.1) is 0 Å². The van der Waals surface area contributed by atoms with Crippen molar-refractivity contribution in [3.8, 4) is 0 Å². The highest BCUT2D eigenvalue weighted by Crippen LogP contribution is 2.29. The molecule has 0 aromatic rings. The number of nitrogens with zero attached hydrogens (tertiary/aromatic N) is 1. The summed E-state index contributed by atoms with van der Waals surface area (Å²) in [6.45, 7) is 3.16. The number of carbonyl (C=O) groups excluding carboxylic acids is 1. The van der Waals surface area contributed by atoms with Crippen molar-refractivity contribution in [3.63, 3.8) is 0 Å². The standard InChI is InChI=1S/C14H26N2O/c1-2-11-7-4-3-5-10-16(11)14(17)12-8-6-9-13(12)15/h11-13H,2-10,15H2,1H3. The summed E-state index contributed by atoms with van der Waals surface area (Å²) in [4.78, 5) is 14.7. The van der Waals surface area contributed by atoms with E-state index in [0.717, 1.165) is 32.2 Å². The van der Waals surface area contributed by atoms with Crippen molar-refractivity contribution in [1.29, 1.82) is 0 Å². The van der Waals surface area contributed by atoms with Crippen LogP contribution >= 0.6 is 0 Å². The monoisotopic (exact) mass is 238 g/mol. The number of likely N-dealkylation sites (tertiary alicyclic amines) is 1. The minimum Gasteiger partial charge on any atom is -0.339 e. The Labute approximate surface area is 105 Å². The van der Waals surface area contributed by atoms with Gasteiger partial charge in [0.2, 0.25) is 5.91 Å². The predicted molar refractivity (Wildman–Crippen MR) is 69.6 cm³/mol. The quantitative estimate of drug-likeness (QED) is 0.802. The number of nitrogens with two attached hydrogens (primary N) is 1. The van der Waals surface area contributed by atoms with Gasteiger partial charge in [0.05, 0.1) is 5.92 Å². The molecule has 1 heterocycles. The molecule has 1 aliphatic heterocycles. The van der Waals surface area contributed by atoms with Crippen LogP contribution in [-0.4, -0.2) is 29.4 Å². The Kier molecular flexibility index (Phi) is 4.43.